The predicted octanol–water partition coefficient (Wildman–Crippen LogP) is 2.80. The Hall–Kier alpha value is -2.80. The van der Waals surface area contributed by atoms with Gasteiger partial charge in [0.15, 0.2) is 5.96 Å². The van der Waals surface area contributed by atoms with Gasteiger partial charge >= 0.3 is 0 Å². The maximum absolute atomic E-state index is 5.91. The van der Waals surface area contributed by atoms with Gasteiger partial charge in [-0.3, -0.25) is 4.99 Å². The molecule has 3 rings (SSSR count). The molecule has 1 aromatic carbocycles. The van der Waals surface area contributed by atoms with Gasteiger partial charge in [0, 0.05) is 58.1 Å². The molecule has 0 aliphatic carbocycles. The smallest absolute Gasteiger partial charge is 0.191 e. The Bertz CT molecular complexity index is 844. The van der Waals surface area contributed by atoms with Gasteiger partial charge in [-0.25, -0.2) is 4.98 Å². The summed E-state index contributed by atoms with van der Waals surface area (Å²) < 4.78 is 5.91. The number of guanidine groups is 1. The van der Waals surface area contributed by atoms with Crippen LogP contribution < -0.4 is 20.3 Å². The zero-order valence-electron chi connectivity index (χ0n) is 19.3. The Labute approximate surface area is 186 Å². The summed E-state index contributed by atoms with van der Waals surface area (Å²) in [5, 5.41) is 6.76. The number of ether oxygens (including phenoxy) is 1. The van der Waals surface area contributed by atoms with Crippen LogP contribution in [0.1, 0.15) is 30.0 Å². The van der Waals surface area contributed by atoms with E-state index in [0.29, 0.717) is 13.1 Å². The Morgan fingerprint density at radius 3 is 2.55 bits per heavy atom. The molecule has 2 N–H and O–H groups in total. The highest BCUT2D eigenvalue weighted by atomic mass is 16.5. The molecule has 0 atom stereocenters. The second-order valence-electron chi connectivity index (χ2n) is 8.05. The Morgan fingerprint density at radius 2 is 1.87 bits per heavy atom. The SMILES string of the molecule is CCCOc1cc(C)ccc1CNC(=NC)NCc1ccc(N2CCN(C)CC2)nc1. The van der Waals surface area contributed by atoms with Crippen LogP contribution in [0.3, 0.4) is 0 Å². The number of aryl methyl sites for hydroxylation is 1. The first-order valence-corrected chi connectivity index (χ1v) is 11.1. The number of hydrogen-bond acceptors (Lipinski definition) is 5. The number of aliphatic imine (C=N–C) groups is 1. The van der Waals surface area contributed by atoms with Gasteiger partial charge in [0.1, 0.15) is 11.6 Å². The third kappa shape index (κ3) is 6.85. The summed E-state index contributed by atoms with van der Waals surface area (Å²) in [6.45, 7) is 10.5. The van der Waals surface area contributed by atoms with Crippen molar-refractivity contribution in [3.63, 3.8) is 0 Å². The van der Waals surface area contributed by atoms with E-state index in [1.165, 1.54) is 5.56 Å². The topological polar surface area (TPSA) is 65.0 Å². The summed E-state index contributed by atoms with van der Waals surface area (Å²) >= 11 is 0. The second kappa shape index (κ2) is 11.6. The van der Waals surface area contributed by atoms with E-state index in [0.717, 1.165) is 67.9 Å². The van der Waals surface area contributed by atoms with Crippen molar-refractivity contribution in [1.82, 2.24) is 20.5 Å². The minimum Gasteiger partial charge on any atom is -0.493 e. The molecule has 1 aliphatic rings. The highest BCUT2D eigenvalue weighted by Crippen LogP contribution is 2.20. The van der Waals surface area contributed by atoms with E-state index in [1.807, 2.05) is 6.20 Å². The number of aromatic nitrogens is 1. The Morgan fingerprint density at radius 1 is 1.10 bits per heavy atom. The van der Waals surface area contributed by atoms with E-state index >= 15 is 0 Å². The number of rotatable bonds is 8. The maximum atomic E-state index is 5.91. The summed E-state index contributed by atoms with van der Waals surface area (Å²) in [4.78, 5) is 13.7. The number of nitrogens with one attached hydrogen (secondary N) is 2. The number of nitrogens with zero attached hydrogens (tertiary/aromatic N) is 4. The normalized spacial score (nSPS) is 15.1. The quantitative estimate of drug-likeness (QED) is 0.502. The van der Waals surface area contributed by atoms with Crippen LogP contribution >= 0.6 is 0 Å². The maximum Gasteiger partial charge on any atom is 0.191 e. The van der Waals surface area contributed by atoms with E-state index < -0.39 is 0 Å². The summed E-state index contributed by atoms with van der Waals surface area (Å²) in [5.74, 6) is 2.75. The summed E-state index contributed by atoms with van der Waals surface area (Å²) in [6.07, 6.45) is 2.94. The zero-order chi connectivity index (χ0) is 22.1. The summed E-state index contributed by atoms with van der Waals surface area (Å²) in [5.41, 5.74) is 3.45. The van der Waals surface area contributed by atoms with Crippen molar-refractivity contribution in [2.24, 2.45) is 4.99 Å². The molecule has 31 heavy (non-hydrogen) atoms. The molecule has 0 radical (unpaired) electrons. The van der Waals surface area contributed by atoms with Crippen molar-refractivity contribution in [1.29, 1.82) is 0 Å². The van der Waals surface area contributed by atoms with Crippen LogP contribution in [0.15, 0.2) is 41.5 Å². The fraction of sp³-hybridized carbons (Fsp3) is 0.500. The van der Waals surface area contributed by atoms with Crippen molar-refractivity contribution in [2.45, 2.75) is 33.4 Å². The molecule has 2 aromatic rings. The fourth-order valence-electron chi connectivity index (χ4n) is 3.48. The molecule has 0 spiro atoms. The van der Waals surface area contributed by atoms with Crippen LogP contribution in [0.4, 0.5) is 5.82 Å². The van der Waals surface area contributed by atoms with Gasteiger partial charge in [0.05, 0.1) is 6.61 Å². The van der Waals surface area contributed by atoms with Crippen molar-refractivity contribution in [2.75, 3.05) is 51.8 Å². The number of pyridine rings is 1. The van der Waals surface area contributed by atoms with Crippen LogP contribution in [0, 0.1) is 6.92 Å². The summed E-state index contributed by atoms with van der Waals surface area (Å²) in [7, 11) is 3.95. The highest BCUT2D eigenvalue weighted by molar-refractivity contribution is 5.79. The first kappa shape index (κ1) is 22.9. The van der Waals surface area contributed by atoms with Crippen molar-refractivity contribution < 1.29 is 4.74 Å². The molecule has 1 aromatic heterocycles. The standard InChI is InChI=1S/C24H36N6O/c1-5-14-31-22-15-19(2)6-8-21(22)18-28-24(25-3)27-17-20-7-9-23(26-16-20)30-12-10-29(4)11-13-30/h6-9,15-16H,5,10-14,17-18H2,1-4H3,(H2,25,27,28). The molecule has 0 bridgehead atoms. The first-order chi connectivity index (χ1) is 15.1. The molecule has 168 valence electrons. The van der Waals surface area contributed by atoms with E-state index in [9.17, 15) is 0 Å². The zero-order valence-corrected chi connectivity index (χ0v) is 19.3. The lowest BCUT2D eigenvalue weighted by molar-refractivity contribution is 0.312. The monoisotopic (exact) mass is 424 g/mol. The molecule has 7 heteroatoms. The van der Waals surface area contributed by atoms with E-state index in [4.69, 9.17) is 4.74 Å². The van der Waals surface area contributed by atoms with Gasteiger partial charge in [-0.2, -0.15) is 0 Å². The second-order valence-corrected chi connectivity index (χ2v) is 8.05. The average molecular weight is 425 g/mol. The van der Waals surface area contributed by atoms with Gasteiger partial charge in [-0.1, -0.05) is 25.1 Å². The molecule has 7 nitrogen and oxygen atoms in total. The number of benzene rings is 1. The summed E-state index contributed by atoms with van der Waals surface area (Å²) in [6, 6.07) is 10.6. The van der Waals surface area contributed by atoms with Crippen LogP contribution in [0.2, 0.25) is 0 Å². The predicted molar refractivity (Wildman–Crippen MR) is 128 cm³/mol. The van der Waals surface area contributed by atoms with Crippen LogP contribution in [-0.2, 0) is 13.1 Å². The largest absolute Gasteiger partial charge is 0.493 e. The Balaban J connectivity index is 1.51. The first-order valence-electron chi connectivity index (χ1n) is 11.1. The van der Waals surface area contributed by atoms with Crippen LogP contribution in [0.5, 0.6) is 5.75 Å². The van der Waals surface area contributed by atoms with Gasteiger partial charge < -0.3 is 25.2 Å². The van der Waals surface area contributed by atoms with Crippen molar-refractivity contribution >= 4 is 11.8 Å². The third-order valence-corrected chi connectivity index (χ3v) is 5.45. The van der Waals surface area contributed by atoms with Crippen LogP contribution in [-0.4, -0.2) is 62.7 Å². The Kier molecular flexibility index (Phi) is 8.53. The lowest BCUT2D eigenvalue weighted by Gasteiger charge is -2.33. The fourth-order valence-corrected chi connectivity index (χ4v) is 3.48. The number of anilines is 1. The number of hydrogen-bond donors (Lipinski definition) is 2. The molecule has 1 saturated heterocycles. The molecule has 0 unspecified atom stereocenters. The molecular formula is C24H36N6O. The van der Waals surface area contributed by atoms with Gasteiger partial charge in [0.2, 0.25) is 0 Å². The lowest BCUT2D eigenvalue weighted by Crippen LogP contribution is -2.44. The van der Waals surface area contributed by atoms with E-state index in [-0.39, 0.29) is 0 Å². The lowest BCUT2D eigenvalue weighted by atomic mass is 10.1. The van der Waals surface area contributed by atoms with Crippen molar-refractivity contribution in [3.05, 3.63) is 53.2 Å². The molecule has 0 saturated carbocycles. The third-order valence-electron chi connectivity index (χ3n) is 5.45. The molecule has 2 heterocycles. The minimum atomic E-state index is 0.652. The molecule has 1 aliphatic heterocycles. The number of likely N-dealkylation sites (N-methyl/N-ethyl adjacent to an activating group) is 1. The van der Waals surface area contributed by atoms with E-state index in [2.05, 4.69) is 81.6 Å². The van der Waals surface area contributed by atoms with Gasteiger partial charge in [-0.05, 0) is 43.7 Å². The van der Waals surface area contributed by atoms with Crippen molar-refractivity contribution in [3.8, 4) is 5.75 Å². The van der Waals surface area contributed by atoms with Gasteiger partial charge in [-0.15, -0.1) is 0 Å². The van der Waals surface area contributed by atoms with Gasteiger partial charge in [0.25, 0.3) is 0 Å². The molecular weight excluding hydrogens is 388 g/mol. The number of piperazine rings is 1. The molecule has 1 fully saturated rings. The minimum absolute atomic E-state index is 0.652. The van der Waals surface area contributed by atoms with E-state index in [1.54, 1.807) is 7.05 Å². The highest BCUT2D eigenvalue weighted by Gasteiger charge is 2.15. The molecule has 0 amide bonds. The average Bonchev–Trinajstić information content (AvgIpc) is 2.79. The van der Waals surface area contributed by atoms with Crippen LogP contribution in [0.25, 0.3) is 0 Å².